The van der Waals surface area contributed by atoms with Crippen molar-refractivity contribution in [1.29, 1.82) is 0 Å². The van der Waals surface area contributed by atoms with Crippen molar-refractivity contribution in [3.8, 4) is 0 Å². The van der Waals surface area contributed by atoms with Gasteiger partial charge in [0, 0.05) is 18.8 Å². The molecule has 88 valence electrons. The number of aryl methyl sites for hydroxylation is 1. The third kappa shape index (κ3) is 2.61. The lowest BCUT2D eigenvalue weighted by molar-refractivity contribution is -0.122. The SMILES string of the molecule is Cc1ccccc1N(C)C(=O)C(C)C(C)N. The van der Waals surface area contributed by atoms with E-state index >= 15 is 0 Å². The summed E-state index contributed by atoms with van der Waals surface area (Å²) in [6.07, 6.45) is 0. The van der Waals surface area contributed by atoms with E-state index in [1.54, 1.807) is 11.9 Å². The van der Waals surface area contributed by atoms with Gasteiger partial charge >= 0.3 is 0 Å². The maximum Gasteiger partial charge on any atom is 0.231 e. The maximum absolute atomic E-state index is 12.1. The van der Waals surface area contributed by atoms with Crippen LogP contribution in [0.3, 0.4) is 0 Å². The predicted molar refractivity (Wildman–Crippen MR) is 67.4 cm³/mol. The number of nitrogens with two attached hydrogens (primary N) is 1. The fourth-order valence-corrected chi connectivity index (χ4v) is 1.59. The molecule has 1 aromatic rings. The second-order valence-electron chi connectivity index (χ2n) is 4.33. The van der Waals surface area contributed by atoms with E-state index in [1.165, 1.54) is 0 Å². The summed E-state index contributed by atoms with van der Waals surface area (Å²) >= 11 is 0. The van der Waals surface area contributed by atoms with E-state index in [9.17, 15) is 4.79 Å². The molecule has 0 aliphatic heterocycles. The normalized spacial score (nSPS) is 14.3. The lowest BCUT2D eigenvalue weighted by Crippen LogP contribution is -2.40. The summed E-state index contributed by atoms with van der Waals surface area (Å²) in [4.78, 5) is 13.8. The van der Waals surface area contributed by atoms with Crippen LogP contribution in [0.2, 0.25) is 0 Å². The van der Waals surface area contributed by atoms with Gasteiger partial charge in [0.2, 0.25) is 5.91 Å². The molecular weight excluding hydrogens is 200 g/mol. The Labute approximate surface area is 97.2 Å². The van der Waals surface area contributed by atoms with Crippen LogP contribution in [-0.2, 0) is 4.79 Å². The first-order chi connectivity index (χ1) is 7.45. The Morgan fingerprint density at radius 1 is 1.31 bits per heavy atom. The first-order valence-corrected chi connectivity index (χ1v) is 5.54. The van der Waals surface area contributed by atoms with Crippen LogP contribution in [0.4, 0.5) is 5.69 Å². The molecule has 0 radical (unpaired) electrons. The van der Waals surface area contributed by atoms with E-state index in [4.69, 9.17) is 5.73 Å². The number of nitrogens with zero attached hydrogens (tertiary/aromatic N) is 1. The van der Waals surface area contributed by atoms with E-state index in [1.807, 2.05) is 45.0 Å². The van der Waals surface area contributed by atoms with E-state index < -0.39 is 0 Å². The number of carbonyl (C=O) groups is 1. The van der Waals surface area contributed by atoms with Crippen LogP contribution < -0.4 is 10.6 Å². The highest BCUT2D eigenvalue weighted by atomic mass is 16.2. The monoisotopic (exact) mass is 220 g/mol. The van der Waals surface area contributed by atoms with Gasteiger partial charge in [-0.1, -0.05) is 25.1 Å². The van der Waals surface area contributed by atoms with E-state index in [0.717, 1.165) is 11.3 Å². The Morgan fingerprint density at radius 2 is 1.88 bits per heavy atom. The fraction of sp³-hybridized carbons (Fsp3) is 0.462. The predicted octanol–water partition coefficient (Wildman–Crippen LogP) is 1.94. The number of hydrogen-bond donors (Lipinski definition) is 1. The Bertz CT molecular complexity index is 374. The van der Waals surface area contributed by atoms with Gasteiger partial charge in [-0.05, 0) is 25.5 Å². The number of amides is 1. The minimum Gasteiger partial charge on any atom is -0.327 e. The van der Waals surface area contributed by atoms with Crippen molar-refractivity contribution in [3.05, 3.63) is 29.8 Å². The van der Waals surface area contributed by atoms with Gasteiger partial charge in [0.15, 0.2) is 0 Å². The number of anilines is 1. The third-order valence-corrected chi connectivity index (χ3v) is 2.99. The minimum absolute atomic E-state index is 0.0595. The molecule has 2 N–H and O–H groups in total. The minimum atomic E-state index is -0.162. The average Bonchev–Trinajstić information content (AvgIpc) is 2.26. The Kier molecular flexibility index (Phi) is 4.07. The zero-order valence-electron chi connectivity index (χ0n) is 10.4. The fourth-order valence-electron chi connectivity index (χ4n) is 1.59. The van der Waals surface area contributed by atoms with Gasteiger partial charge in [0.1, 0.15) is 0 Å². The Balaban J connectivity index is 2.91. The van der Waals surface area contributed by atoms with Crippen molar-refractivity contribution in [1.82, 2.24) is 0 Å². The van der Waals surface area contributed by atoms with Crippen LogP contribution in [0.15, 0.2) is 24.3 Å². The van der Waals surface area contributed by atoms with Gasteiger partial charge in [-0.3, -0.25) is 4.79 Å². The van der Waals surface area contributed by atoms with Crippen molar-refractivity contribution < 1.29 is 4.79 Å². The molecule has 3 nitrogen and oxygen atoms in total. The molecule has 0 aliphatic rings. The van der Waals surface area contributed by atoms with Gasteiger partial charge in [-0.25, -0.2) is 0 Å². The molecule has 3 heteroatoms. The number of benzene rings is 1. The Hall–Kier alpha value is -1.35. The quantitative estimate of drug-likeness (QED) is 0.846. The van der Waals surface area contributed by atoms with Crippen molar-refractivity contribution >= 4 is 11.6 Å². The average molecular weight is 220 g/mol. The van der Waals surface area contributed by atoms with Crippen LogP contribution in [-0.4, -0.2) is 19.0 Å². The highest BCUT2D eigenvalue weighted by Crippen LogP contribution is 2.20. The summed E-state index contributed by atoms with van der Waals surface area (Å²) in [6.45, 7) is 5.71. The first-order valence-electron chi connectivity index (χ1n) is 5.54. The van der Waals surface area contributed by atoms with Crippen molar-refractivity contribution in [2.75, 3.05) is 11.9 Å². The highest BCUT2D eigenvalue weighted by Gasteiger charge is 2.22. The summed E-state index contributed by atoms with van der Waals surface area (Å²) in [5.74, 6) is -0.103. The molecule has 0 aromatic heterocycles. The van der Waals surface area contributed by atoms with E-state index in [2.05, 4.69) is 0 Å². The molecule has 1 rings (SSSR count). The molecule has 0 spiro atoms. The number of para-hydroxylation sites is 1. The summed E-state index contributed by atoms with van der Waals surface area (Å²) in [6, 6.07) is 7.71. The van der Waals surface area contributed by atoms with Gasteiger partial charge in [-0.2, -0.15) is 0 Å². The maximum atomic E-state index is 12.1. The number of hydrogen-bond acceptors (Lipinski definition) is 2. The van der Waals surface area contributed by atoms with E-state index in [0.29, 0.717) is 0 Å². The van der Waals surface area contributed by atoms with Crippen LogP contribution in [0.5, 0.6) is 0 Å². The Morgan fingerprint density at radius 3 is 2.38 bits per heavy atom. The second kappa shape index (κ2) is 5.12. The van der Waals surface area contributed by atoms with Crippen molar-refractivity contribution in [2.24, 2.45) is 11.7 Å². The summed E-state index contributed by atoms with van der Waals surface area (Å²) in [5, 5.41) is 0. The standard InChI is InChI=1S/C13H20N2O/c1-9-7-5-6-8-12(9)15(4)13(16)10(2)11(3)14/h5-8,10-11H,14H2,1-4H3. The van der Waals surface area contributed by atoms with Gasteiger partial charge < -0.3 is 10.6 Å². The zero-order valence-corrected chi connectivity index (χ0v) is 10.4. The summed E-state index contributed by atoms with van der Waals surface area (Å²) in [7, 11) is 1.80. The lowest BCUT2D eigenvalue weighted by atomic mass is 10.0. The van der Waals surface area contributed by atoms with Crippen molar-refractivity contribution in [2.45, 2.75) is 26.8 Å². The molecule has 2 unspecified atom stereocenters. The second-order valence-corrected chi connectivity index (χ2v) is 4.33. The van der Waals surface area contributed by atoms with Crippen LogP contribution in [0.1, 0.15) is 19.4 Å². The van der Waals surface area contributed by atoms with Crippen LogP contribution in [0.25, 0.3) is 0 Å². The molecule has 0 saturated carbocycles. The molecule has 16 heavy (non-hydrogen) atoms. The smallest absolute Gasteiger partial charge is 0.231 e. The van der Waals surface area contributed by atoms with Gasteiger partial charge in [0.25, 0.3) is 0 Å². The zero-order chi connectivity index (χ0) is 12.3. The van der Waals surface area contributed by atoms with Gasteiger partial charge in [0.05, 0.1) is 5.92 Å². The molecule has 0 saturated heterocycles. The molecule has 0 aliphatic carbocycles. The number of carbonyl (C=O) groups excluding carboxylic acids is 1. The molecule has 2 atom stereocenters. The van der Waals surface area contributed by atoms with Crippen molar-refractivity contribution in [3.63, 3.8) is 0 Å². The molecule has 1 amide bonds. The summed E-state index contributed by atoms with van der Waals surface area (Å²) < 4.78 is 0. The van der Waals surface area contributed by atoms with Crippen LogP contribution in [0, 0.1) is 12.8 Å². The molecule has 1 aromatic carbocycles. The van der Waals surface area contributed by atoms with Gasteiger partial charge in [-0.15, -0.1) is 0 Å². The largest absolute Gasteiger partial charge is 0.327 e. The van der Waals surface area contributed by atoms with E-state index in [-0.39, 0.29) is 17.9 Å². The lowest BCUT2D eigenvalue weighted by Gasteiger charge is -2.24. The first kappa shape index (κ1) is 12.7. The molecule has 0 bridgehead atoms. The molecule has 0 heterocycles. The summed E-state index contributed by atoms with van der Waals surface area (Å²) in [5.41, 5.74) is 7.78. The molecule has 0 fully saturated rings. The molecular formula is C13H20N2O. The van der Waals surface area contributed by atoms with Crippen LogP contribution >= 0.6 is 0 Å². The topological polar surface area (TPSA) is 46.3 Å². The number of rotatable bonds is 3. The third-order valence-electron chi connectivity index (χ3n) is 2.99. The highest BCUT2D eigenvalue weighted by molar-refractivity contribution is 5.95.